The number of ether oxygens (including phenoxy) is 1. The maximum Gasteiger partial charge on any atom is 0.0642 e. The number of nitrogens with two attached hydrogens (primary N) is 1. The first kappa shape index (κ1) is 10.5. The third-order valence-corrected chi connectivity index (χ3v) is 2.88. The fourth-order valence-electron chi connectivity index (χ4n) is 2.09. The molecule has 1 aliphatic carbocycles. The molecule has 15 heavy (non-hydrogen) atoms. The number of hydrogen-bond donors (Lipinski definition) is 2. The van der Waals surface area contributed by atoms with Gasteiger partial charge in [-0.25, -0.2) is 0 Å². The molecule has 1 saturated heterocycles. The van der Waals surface area contributed by atoms with E-state index in [1.165, 1.54) is 5.70 Å². The molecule has 1 heterocycles. The summed E-state index contributed by atoms with van der Waals surface area (Å²) >= 11 is 0. The average molecular weight is 210 g/mol. The Bertz CT molecular complexity index is 280. The van der Waals surface area contributed by atoms with Crippen LogP contribution in [0.2, 0.25) is 0 Å². The van der Waals surface area contributed by atoms with Crippen molar-refractivity contribution in [2.75, 3.05) is 32.9 Å². The summed E-state index contributed by atoms with van der Waals surface area (Å²) in [6, 6.07) is 0. The highest BCUT2D eigenvalue weighted by atomic mass is 16.5. The third-order valence-electron chi connectivity index (χ3n) is 2.88. The smallest absolute Gasteiger partial charge is 0.0642 e. The van der Waals surface area contributed by atoms with Crippen LogP contribution < -0.4 is 5.73 Å². The Kier molecular flexibility index (Phi) is 3.28. The van der Waals surface area contributed by atoms with Gasteiger partial charge in [-0.2, -0.15) is 0 Å². The van der Waals surface area contributed by atoms with Gasteiger partial charge in [-0.05, 0) is 12.5 Å². The van der Waals surface area contributed by atoms with Gasteiger partial charge in [0.05, 0.1) is 13.2 Å². The van der Waals surface area contributed by atoms with Gasteiger partial charge in [0, 0.05) is 37.0 Å². The minimum Gasteiger partial charge on any atom is -0.399 e. The zero-order valence-corrected chi connectivity index (χ0v) is 8.85. The molecule has 0 aromatic carbocycles. The van der Waals surface area contributed by atoms with Gasteiger partial charge in [0.1, 0.15) is 0 Å². The molecular weight excluding hydrogens is 192 g/mol. The van der Waals surface area contributed by atoms with E-state index in [0.717, 1.165) is 38.4 Å². The van der Waals surface area contributed by atoms with Gasteiger partial charge in [0.15, 0.2) is 0 Å². The van der Waals surface area contributed by atoms with E-state index in [4.69, 9.17) is 15.6 Å². The molecule has 1 unspecified atom stereocenters. The van der Waals surface area contributed by atoms with Gasteiger partial charge in [0.2, 0.25) is 0 Å². The van der Waals surface area contributed by atoms with E-state index < -0.39 is 0 Å². The van der Waals surface area contributed by atoms with E-state index in [2.05, 4.69) is 4.90 Å². The summed E-state index contributed by atoms with van der Waals surface area (Å²) in [5.74, 6) is 0.174. The number of rotatable bonds is 2. The van der Waals surface area contributed by atoms with Crippen LogP contribution in [0, 0.1) is 5.92 Å². The lowest BCUT2D eigenvalue weighted by atomic mass is 9.96. The Morgan fingerprint density at radius 1 is 1.47 bits per heavy atom. The first-order chi connectivity index (χ1) is 7.29. The van der Waals surface area contributed by atoms with Crippen molar-refractivity contribution in [2.45, 2.75) is 6.42 Å². The SMILES string of the molecule is NC1=CC(CO)CC(N2CCOCC2)=C1. The maximum absolute atomic E-state index is 9.15. The molecule has 4 nitrogen and oxygen atoms in total. The van der Waals surface area contributed by atoms with Gasteiger partial charge in [0.25, 0.3) is 0 Å². The second-order valence-corrected chi connectivity index (χ2v) is 4.05. The fourth-order valence-corrected chi connectivity index (χ4v) is 2.09. The fraction of sp³-hybridized carbons (Fsp3) is 0.636. The van der Waals surface area contributed by atoms with E-state index in [-0.39, 0.29) is 12.5 Å². The minimum absolute atomic E-state index is 0.169. The second-order valence-electron chi connectivity index (χ2n) is 4.05. The van der Waals surface area contributed by atoms with Crippen molar-refractivity contribution >= 4 is 0 Å². The minimum atomic E-state index is 0.169. The van der Waals surface area contributed by atoms with Crippen molar-refractivity contribution in [1.82, 2.24) is 4.90 Å². The van der Waals surface area contributed by atoms with Crippen molar-refractivity contribution < 1.29 is 9.84 Å². The number of nitrogens with zero attached hydrogens (tertiary/aromatic N) is 1. The van der Waals surface area contributed by atoms with E-state index >= 15 is 0 Å². The molecule has 2 aliphatic rings. The van der Waals surface area contributed by atoms with Crippen molar-refractivity contribution in [3.05, 3.63) is 23.5 Å². The van der Waals surface area contributed by atoms with E-state index in [1.54, 1.807) is 0 Å². The molecule has 1 atom stereocenters. The molecule has 0 saturated carbocycles. The predicted octanol–water partition coefficient (Wildman–Crippen LogP) is 0.0573. The summed E-state index contributed by atoms with van der Waals surface area (Å²) in [6.45, 7) is 3.59. The molecule has 0 aromatic heterocycles. The summed E-state index contributed by atoms with van der Waals surface area (Å²) in [5.41, 5.74) is 7.81. The highest BCUT2D eigenvalue weighted by Crippen LogP contribution is 2.23. The van der Waals surface area contributed by atoms with Crippen LogP contribution in [0.5, 0.6) is 0 Å². The summed E-state index contributed by atoms with van der Waals surface area (Å²) in [7, 11) is 0. The van der Waals surface area contributed by atoms with Gasteiger partial charge < -0.3 is 20.5 Å². The standard InChI is InChI=1S/C11H18N2O2/c12-10-5-9(8-14)6-11(7-10)13-1-3-15-4-2-13/h5,7,9,14H,1-4,6,8,12H2. The van der Waals surface area contributed by atoms with Gasteiger partial charge in [-0.15, -0.1) is 0 Å². The normalized spacial score (nSPS) is 27.3. The molecule has 3 N–H and O–H groups in total. The van der Waals surface area contributed by atoms with Crippen LogP contribution in [-0.2, 0) is 4.74 Å². The maximum atomic E-state index is 9.15. The van der Waals surface area contributed by atoms with Crippen LogP contribution in [-0.4, -0.2) is 42.9 Å². The number of hydrogen-bond acceptors (Lipinski definition) is 4. The molecule has 0 amide bonds. The molecule has 84 valence electrons. The predicted molar refractivity (Wildman–Crippen MR) is 57.9 cm³/mol. The lowest BCUT2D eigenvalue weighted by Crippen LogP contribution is -2.37. The summed E-state index contributed by atoms with van der Waals surface area (Å²) in [5, 5.41) is 9.15. The Morgan fingerprint density at radius 2 is 2.20 bits per heavy atom. The first-order valence-corrected chi connectivity index (χ1v) is 5.41. The quantitative estimate of drug-likeness (QED) is 0.676. The number of morpholine rings is 1. The zero-order chi connectivity index (χ0) is 10.7. The van der Waals surface area contributed by atoms with Gasteiger partial charge in [-0.3, -0.25) is 0 Å². The first-order valence-electron chi connectivity index (χ1n) is 5.41. The molecule has 2 rings (SSSR count). The Morgan fingerprint density at radius 3 is 2.87 bits per heavy atom. The highest BCUT2D eigenvalue weighted by Gasteiger charge is 2.19. The molecular formula is C11H18N2O2. The average Bonchev–Trinajstić information content (AvgIpc) is 2.29. The Balaban J connectivity index is 2.05. The molecule has 0 radical (unpaired) electrons. The lowest BCUT2D eigenvalue weighted by molar-refractivity contribution is 0.0504. The van der Waals surface area contributed by atoms with Crippen molar-refractivity contribution in [1.29, 1.82) is 0 Å². The Labute approximate surface area is 90.0 Å². The second kappa shape index (κ2) is 4.68. The van der Waals surface area contributed by atoms with Crippen LogP contribution in [0.25, 0.3) is 0 Å². The van der Waals surface area contributed by atoms with Crippen LogP contribution in [0.3, 0.4) is 0 Å². The number of aliphatic hydroxyl groups excluding tert-OH is 1. The molecule has 1 aliphatic heterocycles. The third kappa shape index (κ3) is 2.52. The molecule has 0 bridgehead atoms. The summed E-state index contributed by atoms with van der Waals surface area (Å²) < 4.78 is 5.31. The topological polar surface area (TPSA) is 58.7 Å². The van der Waals surface area contributed by atoms with E-state index in [9.17, 15) is 0 Å². The lowest BCUT2D eigenvalue weighted by Gasteiger charge is -2.33. The van der Waals surface area contributed by atoms with Crippen LogP contribution in [0.4, 0.5) is 0 Å². The molecule has 0 aromatic rings. The Hall–Kier alpha value is -1.00. The van der Waals surface area contributed by atoms with Crippen molar-refractivity contribution in [3.8, 4) is 0 Å². The summed E-state index contributed by atoms with van der Waals surface area (Å²) in [6.07, 6.45) is 4.83. The van der Waals surface area contributed by atoms with Crippen molar-refractivity contribution in [2.24, 2.45) is 11.7 Å². The highest BCUT2D eigenvalue weighted by molar-refractivity contribution is 5.26. The van der Waals surface area contributed by atoms with Crippen molar-refractivity contribution in [3.63, 3.8) is 0 Å². The molecule has 4 heteroatoms. The van der Waals surface area contributed by atoms with Crippen LogP contribution in [0.1, 0.15) is 6.42 Å². The number of aliphatic hydroxyl groups is 1. The largest absolute Gasteiger partial charge is 0.399 e. The molecule has 0 spiro atoms. The number of allylic oxidation sites excluding steroid dienone is 2. The van der Waals surface area contributed by atoms with Crippen LogP contribution in [0.15, 0.2) is 23.5 Å². The van der Waals surface area contributed by atoms with Crippen LogP contribution >= 0.6 is 0 Å². The zero-order valence-electron chi connectivity index (χ0n) is 8.85. The molecule has 1 fully saturated rings. The summed E-state index contributed by atoms with van der Waals surface area (Å²) in [4.78, 5) is 2.30. The van der Waals surface area contributed by atoms with E-state index in [1.807, 2.05) is 12.2 Å². The van der Waals surface area contributed by atoms with Gasteiger partial charge >= 0.3 is 0 Å². The monoisotopic (exact) mass is 210 g/mol. The van der Waals surface area contributed by atoms with E-state index in [0.29, 0.717) is 0 Å². The van der Waals surface area contributed by atoms with Gasteiger partial charge in [-0.1, -0.05) is 6.08 Å².